The second-order valence-electron chi connectivity index (χ2n) is 4.54. The monoisotopic (exact) mass is 280 g/mol. The number of nitro benzene ring substituents is 1. The van der Waals surface area contributed by atoms with Gasteiger partial charge < -0.3 is 10.4 Å². The summed E-state index contributed by atoms with van der Waals surface area (Å²) in [7, 11) is 0. The van der Waals surface area contributed by atoms with Crippen LogP contribution in [0.5, 0.6) is 0 Å². The van der Waals surface area contributed by atoms with Crippen LogP contribution in [0.4, 0.5) is 15.8 Å². The lowest BCUT2D eigenvalue weighted by Gasteiger charge is -2.20. The van der Waals surface area contributed by atoms with E-state index in [-0.39, 0.29) is 11.7 Å². The number of nitro groups is 1. The molecule has 0 aromatic heterocycles. The van der Waals surface area contributed by atoms with Crippen LogP contribution in [-0.4, -0.2) is 22.0 Å². The van der Waals surface area contributed by atoms with Crippen molar-refractivity contribution in [2.75, 3.05) is 5.32 Å². The molecule has 1 aromatic rings. The van der Waals surface area contributed by atoms with Crippen LogP contribution in [0, 0.1) is 15.9 Å². The van der Waals surface area contributed by atoms with Crippen molar-refractivity contribution >= 4 is 17.3 Å². The van der Waals surface area contributed by atoms with Crippen LogP contribution in [0.2, 0.25) is 0 Å². The molecule has 0 radical (unpaired) electrons. The number of aromatic carboxylic acids is 1. The zero-order chi connectivity index (χ0) is 14.7. The van der Waals surface area contributed by atoms with Crippen LogP contribution >= 0.6 is 0 Å². The van der Waals surface area contributed by atoms with Crippen molar-refractivity contribution in [2.45, 2.75) is 25.3 Å². The van der Waals surface area contributed by atoms with Crippen molar-refractivity contribution in [3.8, 4) is 0 Å². The summed E-state index contributed by atoms with van der Waals surface area (Å²) in [6.07, 6.45) is 6.30. The quantitative estimate of drug-likeness (QED) is 0.502. The fourth-order valence-electron chi connectivity index (χ4n) is 2.14. The lowest BCUT2D eigenvalue weighted by atomic mass is 10.0. The molecule has 1 aliphatic carbocycles. The fourth-order valence-corrected chi connectivity index (χ4v) is 2.14. The first-order chi connectivity index (χ1) is 9.49. The Balaban J connectivity index is 2.35. The maximum absolute atomic E-state index is 13.6. The van der Waals surface area contributed by atoms with Gasteiger partial charge in [0.15, 0.2) is 0 Å². The van der Waals surface area contributed by atoms with Crippen LogP contribution in [0.3, 0.4) is 0 Å². The number of hydrogen-bond donors (Lipinski definition) is 2. The molecule has 0 heterocycles. The standard InChI is InChI=1S/C13H13FN2O4/c14-10-7-11(15-8-4-2-1-3-5-8)12(16(19)20)6-9(10)13(17)18/h1-2,6-8,15H,3-5H2,(H,17,18). The third kappa shape index (κ3) is 2.93. The summed E-state index contributed by atoms with van der Waals surface area (Å²) < 4.78 is 13.6. The normalized spacial score (nSPS) is 17.8. The lowest BCUT2D eigenvalue weighted by Crippen LogP contribution is -2.21. The zero-order valence-electron chi connectivity index (χ0n) is 10.5. The molecule has 0 saturated heterocycles. The summed E-state index contributed by atoms with van der Waals surface area (Å²) in [5.74, 6) is -2.52. The Morgan fingerprint density at radius 1 is 1.45 bits per heavy atom. The Labute approximate surface area is 114 Å². The molecule has 20 heavy (non-hydrogen) atoms. The van der Waals surface area contributed by atoms with Gasteiger partial charge in [0, 0.05) is 18.2 Å². The van der Waals surface area contributed by atoms with Crippen LogP contribution in [-0.2, 0) is 0 Å². The minimum absolute atomic E-state index is 0.0119. The molecule has 6 nitrogen and oxygen atoms in total. The van der Waals surface area contributed by atoms with Crippen molar-refractivity contribution < 1.29 is 19.2 Å². The molecule has 7 heteroatoms. The molecule has 2 rings (SSSR count). The van der Waals surface area contributed by atoms with E-state index in [2.05, 4.69) is 5.32 Å². The Hall–Kier alpha value is -2.44. The van der Waals surface area contributed by atoms with Crippen LogP contribution < -0.4 is 5.32 Å². The molecule has 2 N–H and O–H groups in total. The average Bonchev–Trinajstić information content (AvgIpc) is 2.39. The van der Waals surface area contributed by atoms with E-state index in [4.69, 9.17) is 5.11 Å². The number of nitrogens with zero attached hydrogens (tertiary/aromatic N) is 1. The number of benzene rings is 1. The van der Waals surface area contributed by atoms with E-state index in [0.717, 1.165) is 25.0 Å². The summed E-state index contributed by atoms with van der Waals surface area (Å²) in [6.45, 7) is 0. The molecule has 0 saturated carbocycles. The predicted molar refractivity (Wildman–Crippen MR) is 70.4 cm³/mol. The number of nitrogens with one attached hydrogen (secondary N) is 1. The maximum Gasteiger partial charge on any atom is 0.338 e. The molecule has 0 fully saturated rings. The first-order valence-corrected chi connectivity index (χ1v) is 6.12. The molecule has 0 spiro atoms. The average molecular weight is 280 g/mol. The van der Waals surface area contributed by atoms with Crippen LogP contribution in [0.15, 0.2) is 24.3 Å². The third-order valence-corrected chi connectivity index (χ3v) is 3.14. The lowest BCUT2D eigenvalue weighted by molar-refractivity contribution is -0.384. The second kappa shape index (κ2) is 5.68. The number of carboxylic acid groups (broad SMARTS) is 1. The smallest absolute Gasteiger partial charge is 0.338 e. The summed E-state index contributed by atoms with van der Waals surface area (Å²) in [5.41, 5.74) is -1.12. The maximum atomic E-state index is 13.6. The van der Waals surface area contributed by atoms with Gasteiger partial charge in [-0.2, -0.15) is 0 Å². The fraction of sp³-hybridized carbons (Fsp3) is 0.308. The van der Waals surface area contributed by atoms with Gasteiger partial charge in [0.1, 0.15) is 17.1 Å². The van der Waals surface area contributed by atoms with Gasteiger partial charge in [0.2, 0.25) is 0 Å². The molecule has 0 aliphatic heterocycles. The highest BCUT2D eigenvalue weighted by molar-refractivity contribution is 5.90. The van der Waals surface area contributed by atoms with E-state index in [9.17, 15) is 19.3 Å². The number of carboxylic acids is 1. The number of hydrogen-bond acceptors (Lipinski definition) is 4. The molecule has 106 valence electrons. The predicted octanol–water partition coefficient (Wildman–Crippen LogP) is 2.95. The van der Waals surface area contributed by atoms with E-state index in [1.807, 2.05) is 12.2 Å². The largest absolute Gasteiger partial charge is 0.478 e. The van der Waals surface area contributed by atoms with E-state index >= 15 is 0 Å². The topological polar surface area (TPSA) is 92.5 Å². The van der Waals surface area contributed by atoms with Crippen LogP contribution in [0.1, 0.15) is 29.6 Å². The zero-order valence-corrected chi connectivity index (χ0v) is 10.5. The number of rotatable bonds is 4. The van der Waals surface area contributed by atoms with Gasteiger partial charge >= 0.3 is 5.97 Å². The number of carbonyl (C=O) groups is 1. The molecule has 0 amide bonds. The van der Waals surface area contributed by atoms with E-state index in [0.29, 0.717) is 6.42 Å². The molecule has 1 unspecified atom stereocenters. The molecule has 1 atom stereocenters. The Morgan fingerprint density at radius 2 is 2.20 bits per heavy atom. The summed E-state index contributed by atoms with van der Waals surface area (Å²) >= 11 is 0. The molecule has 0 bridgehead atoms. The van der Waals surface area contributed by atoms with Gasteiger partial charge in [-0.1, -0.05) is 12.2 Å². The Bertz CT molecular complexity index is 586. The van der Waals surface area contributed by atoms with Gasteiger partial charge in [0.05, 0.1) is 4.92 Å². The summed E-state index contributed by atoms with van der Waals surface area (Å²) in [4.78, 5) is 21.1. The van der Waals surface area contributed by atoms with Crippen LogP contribution in [0.25, 0.3) is 0 Å². The molecule has 1 aromatic carbocycles. The number of halogens is 1. The minimum atomic E-state index is -1.53. The minimum Gasteiger partial charge on any atom is -0.478 e. The van der Waals surface area contributed by atoms with E-state index in [1.54, 1.807) is 0 Å². The SMILES string of the molecule is O=C(O)c1cc([N+](=O)[O-])c(NC2CC=CCC2)cc1F. The Kier molecular flexibility index (Phi) is 3.97. The third-order valence-electron chi connectivity index (χ3n) is 3.14. The summed E-state index contributed by atoms with van der Waals surface area (Å²) in [6, 6.07) is 1.60. The van der Waals surface area contributed by atoms with E-state index in [1.165, 1.54) is 0 Å². The van der Waals surface area contributed by atoms with Crippen molar-refractivity contribution in [1.29, 1.82) is 0 Å². The van der Waals surface area contributed by atoms with Crippen molar-refractivity contribution in [3.63, 3.8) is 0 Å². The number of allylic oxidation sites excluding steroid dienone is 1. The molecular weight excluding hydrogens is 267 g/mol. The van der Waals surface area contributed by atoms with Gasteiger partial charge in [-0.25, -0.2) is 9.18 Å². The van der Waals surface area contributed by atoms with Gasteiger partial charge in [0.25, 0.3) is 5.69 Å². The van der Waals surface area contributed by atoms with Crippen molar-refractivity contribution in [1.82, 2.24) is 0 Å². The van der Waals surface area contributed by atoms with Gasteiger partial charge in [-0.05, 0) is 19.3 Å². The first kappa shape index (κ1) is 14.0. The highest BCUT2D eigenvalue weighted by Crippen LogP contribution is 2.30. The summed E-state index contributed by atoms with van der Waals surface area (Å²) in [5, 5.41) is 22.7. The first-order valence-electron chi connectivity index (χ1n) is 6.12. The number of anilines is 1. The molecule has 1 aliphatic rings. The van der Waals surface area contributed by atoms with Crippen molar-refractivity contribution in [2.24, 2.45) is 0 Å². The highest BCUT2D eigenvalue weighted by atomic mass is 19.1. The molecular formula is C13H13FN2O4. The van der Waals surface area contributed by atoms with Crippen molar-refractivity contribution in [3.05, 3.63) is 45.8 Å². The van der Waals surface area contributed by atoms with Gasteiger partial charge in [-0.3, -0.25) is 10.1 Å². The second-order valence-corrected chi connectivity index (χ2v) is 4.54. The van der Waals surface area contributed by atoms with E-state index < -0.39 is 28.0 Å². The van der Waals surface area contributed by atoms with Gasteiger partial charge in [-0.15, -0.1) is 0 Å². The highest BCUT2D eigenvalue weighted by Gasteiger charge is 2.23. The Morgan fingerprint density at radius 3 is 2.75 bits per heavy atom.